The lowest BCUT2D eigenvalue weighted by molar-refractivity contribution is -0.138. The molecule has 143 heavy (non-hydrogen) atoms. The molecule has 15 rings (SSSR count). The van der Waals surface area contributed by atoms with E-state index in [0.29, 0.717) is 104 Å². The molecular weight excluding hydrogens is 1820 g/mol. The molecule has 9 aromatic carbocycles. The van der Waals surface area contributed by atoms with Crippen LogP contribution >= 0.6 is 11.3 Å². The molecule has 0 unspecified atom stereocenters. The molecule has 0 bridgehead atoms. The number of nitrogens with zero attached hydrogens (tertiary/aromatic N) is 13. The third kappa shape index (κ3) is 39.3. The van der Waals surface area contributed by atoms with Gasteiger partial charge in [-0.1, -0.05) is 133 Å². The number of aliphatic carboxylic acids is 5. The Labute approximate surface area is 839 Å². The molecule has 0 radical (unpaired) electrons. The number of ether oxygens (including phenoxy) is 5. The number of rotatable bonds is 51. The maximum Gasteiger partial charge on any atom is 0.303 e. The topological polar surface area (TPSA) is 342 Å². The molecule has 0 saturated carbocycles. The van der Waals surface area contributed by atoms with Gasteiger partial charge < -0.3 is 78.6 Å². The summed E-state index contributed by atoms with van der Waals surface area (Å²) in [7, 11) is 4.05. The van der Waals surface area contributed by atoms with E-state index in [0.717, 1.165) is 151 Å². The quantitative estimate of drug-likeness (QED) is 0.0236. The molecule has 6 heterocycles. The van der Waals surface area contributed by atoms with Gasteiger partial charge in [0.25, 0.3) is 0 Å². The van der Waals surface area contributed by atoms with Gasteiger partial charge >= 0.3 is 29.8 Å². The Hall–Kier alpha value is -16.6. The van der Waals surface area contributed by atoms with Crippen LogP contribution in [0, 0.1) is 6.92 Å². The number of para-hydroxylation sites is 3. The van der Waals surface area contributed by atoms with Gasteiger partial charge in [-0.25, -0.2) is 29.9 Å². The van der Waals surface area contributed by atoms with Crippen molar-refractivity contribution >= 4 is 104 Å². The Morgan fingerprint density at radius 1 is 0.280 bits per heavy atom. The van der Waals surface area contributed by atoms with E-state index in [1.165, 1.54) is 0 Å². The molecule has 0 atom stereocenters. The number of carboxylic acids is 5. The molecule has 29 heteroatoms. The monoisotopic (exact) mass is 1950 g/mol. The molecule has 0 aliphatic rings. The highest BCUT2D eigenvalue weighted by molar-refractivity contribution is 7.13. The van der Waals surface area contributed by atoms with E-state index in [2.05, 4.69) is 108 Å². The summed E-state index contributed by atoms with van der Waals surface area (Å²) in [6.45, 7) is 7.76. The molecule has 740 valence electrons. The lowest BCUT2D eigenvalue weighted by Gasteiger charge is -2.24. The number of aromatic nitrogens is 7. The second-order valence-corrected chi connectivity index (χ2v) is 33.8. The van der Waals surface area contributed by atoms with Gasteiger partial charge in [0.1, 0.15) is 79.2 Å². The highest BCUT2D eigenvalue weighted by Gasteiger charge is 2.19. The maximum absolute atomic E-state index is 10.6. The van der Waals surface area contributed by atoms with Gasteiger partial charge in [0.05, 0.1) is 44.6 Å². The highest BCUT2D eigenvalue weighted by atomic mass is 32.1. The van der Waals surface area contributed by atoms with Crippen LogP contribution in [0.25, 0.3) is 0 Å². The van der Waals surface area contributed by atoms with Crippen molar-refractivity contribution in [1.29, 1.82) is 0 Å². The van der Waals surface area contributed by atoms with Crippen LogP contribution < -0.4 is 53.1 Å². The Kier molecular flexibility index (Phi) is 45.1. The third-order valence-electron chi connectivity index (χ3n) is 22.1. The standard InChI is InChI=1S/C25H29N3O3.C24H26N2O3.2C22H23N3O3.C21H22N2O3S/c1-27(2)21-11-13-22(14-12-21)28(24-7-3-4-17-26-24)18-19-31-23-15-9-20(10-16-23)6-5-8-25(29)30;1-19-7-5-11-23(25-19)26(21-9-3-2-4-10-21)17-18-29-22-15-13-20(14-16-22)8-6-12-24(27)28;26-22(27)8-3-5-18-9-11-20(12-10-18)28-16-15-25(19-6-4-13-23-17-19)21-7-1-2-14-24-21;26-21(27)9-4-6-18-10-12-20(13-11-18)28-17-16-25(19-7-2-1-3-8-19)22-23-14-5-15-24-22;24-20(25)8-4-5-17-9-11-19(12-10-17)26-15-14-23(21-22-13-16-27-21)18-6-2-1-3-7-18/h3-4,7,9-17H,5-6,8,18-19H2,1-2H3,(H,29,30);2-5,7,9-11,13-16H,6,8,12,17-18H2,1H3,(H,27,28);1-2,4,6-7,9-14,17H,3,5,8,15-16H2,(H,26,27);1-3,5,7-8,10-15H,4,6,9,16-17H2,(H,26,27);1-3,6-7,9-13,16H,4-5,8,14-15H2,(H,24,25). The maximum atomic E-state index is 10.6. The van der Waals surface area contributed by atoms with Crippen molar-refractivity contribution in [3.63, 3.8) is 0 Å². The van der Waals surface area contributed by atoms with Gasteiger partial charge in [-0.05, 0) is 275 Å². The predicted octanol–water partition coefficient (Wildman–Crippen LogP) is 22.8. The molecular formula is C114H123N13O15S. The number of hydrogen-bond donors (Lipinski definition) is 5. The van der Waals surface area contributed by atoms with Crippen molar-refractivity contribution in [3.05, 3.63) is 392 Å². The molecule has 0 saturated heterocycles. The Morgan fingerprint density at radius 3 is 0.916 bits per heavy atom. The van der Waals surface area contributed by atoms with Crippen LogP contribution in [-0.4, -0.2) is 170 Å². The van der Waals surface area contributed by atoms with E-state index >= 15 is 0 Å². The minimum atomic E-state index is -0.759. The number of pyridine rings is 4. The van der Waals surface area contributed by atoms with Crippen LogP contribution in [0.1, 0.15) is 97.7 Å². The normalized spacial score (nSPS) is 10.5. The van der Waals surface area contributed by atoms with Crippen LogP contribution in [-0.2, 0) is 56.1 Å². The van der Waals surface area contributed by atoms with E-state index in [1.54, 1.807) is 60.8 Å². The van der Waals surface area contributed by atoms with Crippen LogP contribution in [0.5, 0.6) is 28.7 Å². The van der Waals surface area contributed by atoms with E-state index < -0.39 is 29.8 Å². The zero-order chi connectivity index (χ0) is 101. The molecule has 0 aliphatic carbocycles. The molecule has 0 aliphatic heterocycles. The number of benzene rings is 9. The van der Waals surface area contributed by atoms with Gasteiger partial charge in [0.15, 0.2) is 5.13 Å². The van der Waals surface area contributed by atoms with Gasteiger partial charge in [-0.2, -0.15) is 0 Å². The van der Waals surface area contributed by atoms with Crippen LogP contribution in [0.3, 0.4) is 0 Å². The number of carbonyl (C=O) groups is 5. The van der Waals surface area contributed by atoms with E-state index in [9.17, 15) is 24.0 Å². The number of thiazole rings is 1. The minimum Gasteiger partial charge on any atom is -0.492 e. The predicted molar refractivity (Wildman–Crippen MR) is 564 cm³/mol. The smallest absolute Gasteiger partial charge is 0.303 e. The Morgan fingerprint density at radius 2 is 0.587 bits per heavy atom. The van der Waals surface area contributed by atoms with Gasteiger partial charge in [0.2, 0.25) is 5.95 Å². The SMILES string of the molecule is CN(C)c1ccc(N(CCOc2ccc(CCCC(=O)O)cc2)c2ccccn2)cc1.Cc1cccc(N(CCOc2ccc(CCCC(=O)O)cc2)c2ccccc2)n1.O=C(O)CCCc1ccc(OCCN(c2ccccc2)c2ncccn2)cc1.O=C(O)CCCc1ccc(OCCN(c2ccccc2)c2nccs2)cc1.O=C(O)CCCc1ccc(OCCN(c2cccnc2)c2ccccn2)cc1. The van der Waals surface area contributed by atoms with Crippen molar-refractivity contribution in [2.75, 3.05) is 109 Å². The molecule has 28 nitrogen and oxygen atoms in total. The second kappa shape index (κ2) is 60.3. The van der Waals surface area contributed by atoms with Gasteiger partial charge in [0, 0.05) is 123 Å². The Balaban J connectivity index is 0.000000171. The lowest BCUT2D eigenvalue weighted by Crippen LogP contribution is -2.25. The number of hydrogen-bond acceptors (Lipinski definition) is 24. The van der Waals surface area contributed by atoms with Gasteiger partial charge in [-0.15, -0.1) is 11.3 Å². The first kappa shape index (κ1) is 107. The first-order valence-corrected chi connectivity index (χ1v) is 48.5. The summed E-state index contributed by atoms with van der Waals surface area (Å²) in [5, 5.41) is 46.5. The Bertz CT molecular complexity index is 5910. The largest absolute Gasteiger partial charge is 0.492 e. The van der Waals surface area contributed by atoms with Crippen molar-refractivity contribution in [1.82, 2.24) is 34.9 Å². The summed E-state index contributed by atoms with van der Waals surface area (Å²) in [4.78, 5) is 96.5. The number of aryl methyl sites for hydroxylation is 6. The molecule has 0 fully saturated rings. The first-order chi connectivity index (χ1) is 69.8. The van der Waals surface area contributed by atoms with E-state index in [-0.39, 0.29) is 32.1 Å². The molecule has 0 amide bonds. The van der Waals surface area contributed by atoms with Crippen molar-refractivity contribution in [2.24, 2.45) is 0 Å². The summed E-state index contributed by atoms with van der Waals surface area (Å²) in [6, 6.07) is 101. The lowest BCUT2D eigenvalue weighted by atomic mass is 10.1. The third-order valence-corrected chi connectivity index (χ3v) is 22.9. The van der Waals surface area contributed by atoms with Crippen LogP contribution in [0.2, 0.25) is 0 Å². The second-order valence-electron chi connectivity index (χ2n) is 33.0. The van der Waals surface area contributed by atoms with Crippen LogP contribution in [0.15, 0.2) is 358 Å². The minimum absolute atomic E-state index is 0.190. The molecule has 5 N–H and O–H groups in total. The van der Waals surface area contributed by atoms with E-state index in [4.69, 9.17) is 49.2 Å². The number of carboxylic acid groups (broad SMARTS) is 5. The molecule has 15 aromatic rings. The summed E-state index contributed by atoms with van der Waals surface area (Å²) in [5.74, 6) is 3.44. The summed E-state index contributed by atoms with van der Waals surface area (Å²) < 4.78 is 29.6. The van der Waals surface area contributed by atoms with Crippen molar-refractivity contribution < 1.29 is 73.2 Å². The fraction of sp³-hybridized carbons (Fsp3) is 0.246. The zero-order valence-electron chi connectivity index (χ0n) is 80.8. The molecule has 6 aromatic heterocycles. The number of anilines is 11. The van der Waals surface area contributed by atoms with E-state index in [1.807, 2.05) is 286 Å². The fourth-order valence-corrected chi connectivity index (χ4v) is 15.5. The highest BCUT2D eigenvalue weighted by Crippen LogP contribution is 2.32. The van der Waals surface area contributed by atoms with Crippen LogP contribution in [0.4, 0.5) is 62.7 Å². The average Bonchev–Trinajstić information content (AvgIpc) is 1.74. The summed E-state index contributed by atoms with van der Waals surface area (Å²) in [5.41, 5.74) is 12.9. The van der Waals surface area contributed by atoms with Crippen molar-refractivity contribution in [2.45, 2.75) is 103 Å². The fourth-order valence-electron chi connectivity index (χ4n) is 14.8. The molecule has 0 spiro atoms. The zero-order valence-corrected chi connectivity index (χ0v) is 81.6. The average molecular weight is 1950 g/mol. The first-order valence-electron chi connectivity index (χ1n) is 47.6. The van der Waals surface area contributed by atoms with Crippen molar-refractivity contribution in [3.8, 4) is 28.7 Å². The summed E-state index contributed by atoms with van der Waals surface area (Å²) in [6.07, 6.45) is 20.3. The van der Waals surface area contributed by atoms with Gasteiger partial charge in [-0.3, -0.25) is 29.0 Å². The summed E-state index contributed by atoms with van der Waals surface area (Å²) >= 11 is 1.60.